The van der Waals surface area contributed by atoms with Gasteiger partial charge in [-0.1, -0.05) is 25.8 Å². The third kappa shape index (κ3) is 2.94. The number of nitrogens with one attached hydrogen (secondary N) is 3. The molecule has 0 radical (unpaired) electrons. The van der Waals surface area contributed by atoms with Gasteiger partial charge in [-0.05, 0) is 24.8 Å². The molecule has 1 saturated carbocycles. The Morgan fingerprint density at radius 1 is 1.27 bits per heavy atom. The molecule has 2 aliphatic heterocycles. The second kappa shape index (κ2) is 6.87. The number of rotatable bonds is 3. The van der Waals surface area contributed by atoms with Crippen molar-refractivity contribution in [1.29, 1.82) is 0 Å². The minimum atomic E-state index is -0.643. The number of carbonyl (C=O) groups is 2. The minimum Gasteiger partial charge on any atom is -0.323 e. The van der Waals surface area contributed by atoms with Crippen molar-refractivity contribution in [1.82, 2.24) is 10.2 Å². The Kier molecular flexibility index (Phi) is 4.56. The van der Waals surface area contributed by atoms with Gasteiger partial charge < -0.3 is 10.2 Å². The van der Waals surface area contributed by atoms with Crippen LogP contribution in [0.2, 0.25) is 0 Å². The summed E-state index contributed by atoms with van der Waals surface area (Å²) in [4.78, 5) is 34.0. The van der Waals surface area contributed by atoms with Gasteiger partial charge >= 0.3 is 6.03 Å². The first-order chi connectivity index (χ1) is 12.6. The second-order valence-corrected chi connectivity index (χ2v) is 7.92. The number of anilines is 1. The molecule has 2 atom stereocenters. The highest BCUT2D eigenvalue weighted by Crippen LogP contribution is 2.37. The predicted molar refractivity (Wildman–Crippen MR) is 96.5 cm³/mol. The molecule has 0 unspecified atom stereocenters. The lowest BCUT2D eigenvalue weighted by Crippen LogP contribution is -3.16. The highest BCUT2D eigenvalue weighted by molar-refractivity contribution is 6.07. The Balaban J connectivity index is 1.38. The van der Waals surface area contributed by atoms with Crippen LogP contribution in [0.3, 0.4) is 0 Å². The van der Waals surface area contributed by atoms with Gasteiger partial charge in [0.05, 0.1) is 6.20 Å². The van der Waals surface area contributed by atoms with Crippen molar-refractivity contribution in [2.75, 3.05) is 37.7 Å². The molecule has 2 saturated heterocycles. The van der Waals surface area contributed by atoms with Crippen LogP contribution in [0.25, 0.3) is 0 Å². The lowest BCUT2D eigenvalue weighted by Gasteiger charge is -2.37. The molecule has 3 heterocycles. The van der Waals surface area contributed by atoms with E-state index in [9.17, 15) is 9.59 Å². The molecular formula is C19H29N5O2+2. The Bertz CT molecular complexity index is 674. The highest BCUT2D eigenvalue weighted by atomic mass is 16.2. The van der Waals surface area contributed by atoms with Crippen LogP contribution in [0.4, 0.5) is 10.6 Å². The van der Waals surface area contributed by atoms with Gasteiger partial charge in [-0.3, -0.25) is 9.69 Å². The van der Waals surface area contributed by atoms with Crippen LogP contribution in [-0.2, 0) is 4.79 Å². The van der Waals surface area contributed by atoms with Crippen LogP contribution < -0.4 is 20.1 Å². The number of quaternary nitrogens is 1. The molecule has 140 valence electrons. The zero-order chi connectivity index (χ0) is 18.1. The van der Waals surface area contributed by atoms with E-state index in [0.29, 0.717) is 6.67 Å². The number of hydrogen-bond donors (Lipinski definition) is 2. The molecule has 3 amide bonds. The Labute approximate surface area is 154 Å². The van der Waals surface area contributed by atoms with Crippen molar-refractivity contribution in [3.8, 4) is 0 Å². The molecule has 3 fully saturated rings. The number of piperazine rings is 1. The molecule has 1 aromatic heterocycles. The summed E-state index contributed by atoms with van der Waals surface area (Å²) in [6.45, 7) is 6.25. The smallest absolute Gasteiger partial charge is 0.323 e. The number of imide groups is 1. The lowest BCUT2D eigenvalue weighted by atomic mass is 9.73. The maximum Gasteiger partial charge on any atom is 0.329 e. The number of amides is 3. The highest BCUT2D eigenvalue weighted by Gasteiger charge is 2.55. The fourth-order valence-corrected chi connectivity index (χ4v) is 4.67. The molecule has 1 aromatic rings. The van der Waals surface area contributed by atoms with Crippen LogP contribution in [-0.4, -0.2) is 55.2 Å². The third-order valence-corrected chi connectivity index (χ3v) is 6.39. The topological polar surface area (TPSA) is 71.2 Å². The Hall–Kier alpha value is -2.15. The van der Waals surface area contributed by atoms with Crippen LogP contribution >= 0.6 is 0 Å². The van der Waals surface area contributed by atoms with Gasteiger partial charge in [0.1, 0.15) is 31.7 Å². The molecule has 3 N–H and O–H groups in total. The number of aromatic nitrogens is 1. The summed E-state index contributed by atoms with van der Waals surface area (Å²) in [5.74, 6) is 1.34. The van der Waals surface area contributed by atoms with E-state index in [-0.39, 0.29) is 17.9 Å². The predicted octanol–water partition coefficient (Wildman–Crippen LogP) is -0.336. The number of nitrogens with zero attached hydrogens (tertiary/aromatic N) is 2. The molecule has 4 rings (SSSR count). The lowest BCUT2D eigenvalue weighted by molar-refractivity contribution is -0.908. The number of carbonyl (C=O) groups excluding carboxylic acids is 2. The van der Waals surface area contributed by atoms with E-state index in [1.54, 1.807) is 0 Å². The van der Waals surface area contributed by atoms with E-state index in [1.807, 2.05) is 18.3 Å². The minimum absolute atomic E-state index is 0.000947. The average molecular weight is 359 g/mol. The molecule has 3 aliphatic rings. The Morgan fingerprint density at radius 2 is 2.08 bits per heavy atom. The largest absolute Gasteiger partial charge is 0.329 e. The Morgan fingerprint density at radius 3 is 2.77 bits per heavy atom. The molecular weight excluding hydrogens is 330 g/mol. The van der Waals surface area contributed by atoms with Crippen LogP contribution in [0, 0.1) is 5.92 Å². The van der Waals surface area contributed by atoms with Crippen molar-refractivity contribution in [3.63, 3.8) is 0 Å². The summed E-state index contributed by atoms with van der Waals surface area (Å²) >= 11 is 0. The van der Waals surface area contributed by atoms with Crippen molar-refractivity contribution < 1.29 is 19.5 Å². The molecule has 0 bridgehead atoms. The normalized spacial score (nSPS) is 30.1. The van der Waals surface area contributed by atoms with Crippen LogP contribution in [0.15, 0.2) is 24.4 Å². The summed E-state index contributed by atoms with van der Waals surface area (Å²) in [6, 6.07) is 5.89. The first-order valence-corrected chi connectivity index (χ1v) is 9.79. The van der Waals surface area contributed by atoms with Gasteiger partial charge in [0.25, 0.3) is 11.7 Å². The quantitative estimate of drug-likeness (QED) is 0.726. The SMILES string of the molecule is C[C@@H]1CCCC[C@@]12NC(=O)N(C[NH+]1CCN(c3cccc[nH+]3)CC1)C2=O. The van der Waals surface area contributed by atoms with Crippen molar-refractivity contribution >= 4 is 17.8 Å². The molecule has 1 aliphatic carbocycles. The van der Waals surface area contributed by atoms with Gasteiger partial charge in [-0.25, -0.2) is 14.7 Å². The first-order valence-electron chi connectivity index (χ1n) is 9.79. The third-order valence-electron chi connectivity index (χ3n) is 6.39. The van der Waals surface area contributed by atoms with E-state index in [1.165, 1.54) is 9.80 Å². The van der Waals surface area contributed by atoms with E-state index >= 15 is 0 Å². The monoisotopic (exact) mass is 359 g/mol. The summed E-state index contributed by atoms with van der Waals surface area (Å²) < 4.78 is 0. The first kappa shape index (κ1) is 17.3. The van der Waals surface area contributed by atoms with Crippen LogP contribution in [0.5, 0.6) is 0 Å². The van der Waals surface area contributed by atoms with Crippen molar-refractivity contribution in [2.24, 2.45) is 5.92 Å². The average Bonchev–Trinajstić information content (AvgIpc) is 2.90. The van der Waals surface area contributed by atoms with E-state index in [2.05, 4.69) is 28.2 Å². The number of hydrogen-bond acceptors (Lipinski definition) is 3. The summed E-state index contributed by atoms with van der Waals surface area (Å²) in [6.07, 6.45) is 5.90. The van der Waals surface area contributed by atoms with Crippen molar-refractivity contribution in [3.05, 3.63) is 24.4 Å². The van der Waals surface area contributed by atoms with Gasteiger partial charge in [-0.2, -0.15) is 0 Å². The van der Waals surface area contributed by atoms with E-state index < -0.39 is 5.54 Å². The van der Waals surface area contributed by atoms with Crippen molar-refractivity contribution in [2.45, 2.75) is 38.1 Å². The zero-order valence-corrected chi connectivity index (χ0v) is 15.5. The summed E-state index contributed by atoms with van der Waals surface area (Å²) in [5.41, 5.74) is -0.643. The molecule has 1 spiro atoms. The number of urea groups is 1. The fraction of sp³-hybridized carbons (Fsp3) is 0.632. The second-order valence-electron chi connectivity index (χ2n) is 7.92. The van der Waals surface area contributed by atoms with E-state index in [0.717, 1.165) is 57.7 Å². The van der Waals surface area contributed by atoms with Gasteiger partial charge in [0.15, 0.2) is 6.67 Å². The number of aromatic amines is 1. The molecule has 26 heavy (non-hydrogen) atoms. The zero-order valence-electron chi connectivity index (χ0n) is 15.5. The molecule has 7 heteroatoms. The number of pyridine rings is 1. The van der Waals surface area contributed by atoms with E-state index in [4.69, 9.17) is 0 Å². The van der Waals surface area contributed by atoms with Gasteiger partial charge in [-0.15, -0.1) is 0 Å². The summed E-state index contributed by atoms with van der Waals surface area (Å²) in [5, 5.41) is 3.05. The van der Waals surface area contributed by atoms with Gasteiger partial charge in [0, 0.05) is 6.07 Å². The fourth-order valence-electron chi connectivity index (χ4n) is 4.67. The standard InChI is InChI=1S/C19H27N5O2/c1-15-6-2-4-8-19(15)17(25)24(18(26)21-19)14-22-10-12-23(13-11-22)16-7-3-5-9-20-16/h3,5,7,9,15H,2,4,6,8,10-14H2,1H3,(H,21,26)/p+2/t15-,19-/m1/s1. The summed E-state index contributed by atoms with van der Waals surface area (Å²) in [7, 11) is 0. The maximum absolute atomic E-state index is 13.1. The molecule has 0 aromatic carbocycles. The number of H-pyrrole nitrogens is 1. The molecule has 7 nitrogen and oxygen atoms in total. The maximum atomic E-state index is 13.1. The van der Waals surface area contributed by atoms with Crippen LogP contribution in [0.1, 0.15) is 32.6 Å². The van der Waals surface area contributed by atoms with Gasteiger partial charge in [0.2, 0.25) is 0 Å².